The molecule has 0 aliphatic rings. The molecule has 0 atom stereocenters. The smallest absolute Gasteiger partial charge is 1.00 e. The van der Waals surface area contributed by atoms with Crippen molar-refractivity contribution in [1.82, 2.24) is 0 Å². The SMILES string of the molecule is O=S(=O)([O-])[O-].[Co+2].[I-].[K+]. The van der Waals surface area contributed by atoms with Gasteiger partial charge in [-0.1, -0.05) is 0 Å². The molecule has 0 rings (SSSR count). The molecule has 0 spiro atoms. The van der Waals surface area contributed by atoms with Crippen LogP contribution < -0.4 is 75.4 Å². The largest absolute Gasteiger partial charge is 2.00 e. The number of hydrogen-bond donors (Lipinski definition) is 0. The van der Waals surface area contributed by atoms with Gasteiger partial charge in [-0.25, -0.2) is 0 Å². The van der Waals surface area contributed by atoms with Crippen LogP contribution in [-0.2, 0) is 27.2 Å². The fourth-order valence-corrected chi connectivity index (χ4v) is 0. The summed E-state index contributed by atoms with van der Waals surface area (Å²) in [5.41, 5.74) is 0. The van der Waals surface area contributed by atoms with Gasteiger partial charge in [0.2, 0.25) is 0 Å². The first kappa shape index (κ1) is 22.4. The van der Waals surface area contributed by atoms with Crippen LogP contribution in [0.3, 0.4) is 0 Å². The summed E-state index contributed by atoms with van der Waals surface area (Å²) in [5.74, 6) is 0. The average molecular weight is 321 g/mol. The van der Waals surface area contributed by atoms with Crippen LogP contribution in [0, 0.1) is 0 Å². The van der Waals surface area contributed by atoms with Gasteiger partial charge in [0, 0.05) is 10.4 Å². The first-order valence-corrected chi connectivity index (χ1v) is 2.00. The Morgan fingerprint density at radius 1 is 1.12 bits per heavy atom. The molecule has 8 heteroatoms. The first-order valence-electron chi connectivity index (χ1n) is 0.667. The van der Waals surface area contributed by atoms with E-state index in [0.29, 0.717) is 0 Å². The Labute approximate surface area is 117 Å². The molecule has 0 aliphatic heterocycles. The maximum absolute atomic E-state index is 8.52. The van der Waals surface area contributed by atoms with E-state index in [2.05, 4.69) is 0 Å². The zero-order valence-corrected chi connectivity index (χ0v) is 10.9. The third-order valence-corrected chi connectivity index (χ3v) is 0. The van der Waals surface area contributed by atoms with E-state index in [-0.39, 0.29) is 92.1 Å². The minimum absolute atomic E-state index is 0. The predicted octanol–water partition coefficient (Wildman–Crippen LogP) is -7.33. The summed E-state index contributed by atoms with van der Waals surface area (Å²) in [6, 6.07) is 0. The topological polar surface area (TPSA) is 80.3 Å². The Kier molecular flexibility index (Phi) is 27.3. The molecule has 0 bridgehead atoms. The molecule has 1 radical (unpaired) electrons. The Morgan fingerprint density at radius 3 is 1.12 bits per heavy atom. The van der Waals surface area contributed by atoms with Crippen molar-refractivity contribution in [3.05, 3.63) is 0 Å². The third kappa shape index (κ3) is 69.7. The maximum Gasteiger partial charge on any atom is 2.00 e. The molecule has 0 aromatic rings. The van der Waals surface area contributed by atoms with Gasteiger partial charge in [-0.15, -0.1) is 0 Å². The molecule has 8 heavy (non-hydrogen) atoms. The van der Waals surface area contributed by atoms with Crippen molar-refractivity contribution in [3.63, 3.8) is 0 Å². The Bertz CT molecular complexity index is 99.2. The molecule has 0 N–H and O–H groups in total. The number of rotatable bonds is 0. The van der Waals surface area contributed by atoms with Crippen molar-refractivity contribution in [2.24, 2.45) is 0 Å². The third-order valence-electron chi connectivity index (χ3n) is 0. The summed E-state index contributed by atoms with van der Waals surface area (Å²) >= 11 is 0. The van der Waals surface area contributed by atoms with Crippen LogP contribution in [0.4, 0.5) is 0 Å². The number of halogens is 1. The average Bonchev–Trinajstić information content (AvgIpc) is 0.722. The molecule has 0 aromatic carbocycles. The van der Waals surface area contributed by atoms with Crippen molar-refractivity contribution in [1.29, 1.82) is 0 Å². The second-order valence-corrected chi connectivity index (χ2v) is 1.22. The molecule has 0 heterocycles. The van der Waals surface area contributed by atoms with E-state index in [0.717, 1.165) is 0 Å². The van der Waals surface area contributed by atoms with Gasteiger partial charge in [-0.2, -0.15) is 0 Å². The standard InChI is InChI=1S/Co.HI.K.H2O4S/c;;;1-5(2,3)4/h;1H;;(H2,1,2,3,4)/q+2;;+1;/p-3. The van der Waals surface area contributed by atoms with Gasteiger partial charge in [0.15, 0.2) is 0 Å². The quantitative estimate of drug-likeness (QED) is 0.192. The van der Waals surface area contributed by atoms with E-state index >= 15 is 0 Å². The molecular weight excluding hydrogens is 321 g/mol. The van der Waals surface area contributed by atoms with Gasteiger partial charge < -0.3 is 33.1 Å². The molecule has 47 valence electrons. The minimum atomic E-state index is -5.17. The Morgan fingerprint density at radius 2 is 1.12 bits per heavy atom. The molecule has 0 aromatic heterocycles. The summed E-state index contributed by atoms with van der Waals surface area (Å²) in [6.07, 6.45) is 0. The summed E-state index contributed by atoms with van der Waals surface area (Å²) in [5, 5.41) is 0. The number of hydrogen-bond acceptors (Lipinski definition) is 4. The predicted molar refractivity (Wildman–Crippen MR) is 10.5 cm³/mol. The van der Waals surface area contributed by atoms with Crippen molar-refractivity contribution in [2.75, 3.05) is 0 Å². The second-order valence-electron chi connectivity index (χ2n) is 0.408. The van der Waals surface area contributed by atoms with Crippen LogP contribution in [0.2, 0.25) is 0 Å². The summed E-state index contributed by atoms with van der Waals surface area (Å²) in [7, 11) is -5.17. The van der Waals surface area contributed by atoms with Crippen LogP contribution >= 0.6 is 0 Å². The van der Waals surface area contributed by atoms with E-state index < -0.39 is 10.4 Å². The van der Waals surface area contributed by atoms with Gasteiger partial charge in [0.25, 0.3) is 0 Å². The van der Waals surface area contributed by atoms with Crippen LogP contribution in [-0.4, -0.2) is 17.5 Å². The minimum Gasteiger partial charge on any atom is -1.00 e. The summed E-state index contributed by atoms with van der Waals surface area (Å²) < 4.78 is 34.1. The van der Waals surface area contributed by atoms with Crippen LogP contribution in [0.25, 0.3) is 0 Å². The molecule has 0 saturated heterocycles. The fraction of sp³-hybridized carbons (Fsp3) is 0. The van der Waals surface area contributed by atoms with Gasteiger partial charge in [-0.05, 0) is 0 Å². The molecule has 0 aliphatic carbocycles. The molecule has 0 saturated carbocycles. The summed E-state index contributed by atoms with van der Waals surface area (Å²) in [6.45, 7) is 0. The molecular formula is CoIKO4S. The molecule has 0 fully saturated rings. The van der Waals surface area contributed by atoms with E-state index in [1.807, 2.05) is 0 Å². The zero-order chi connectivity index (χ0) is 4.50. The van der Waals surface area contributed by atoms with E-state index in [1.165, 1.54) is 0 Å². The van der Waals surface area contributed by atoms with Crippen molar-refractivity contribution in [3.8, 4) is 0 Å². The van der Waals surface area contributed by atoms with Gasteiger partial charge in [0.1, 0.15) is 0 Å². The van der Waals surface area contributed by atoms with E-state index in [9.17, 15) is 0 Å². The van der Waals surface area contributed by atoms with Crippen molar-refractivity contribution < 1.29 is 110 Å². The normalized spacial score (nSPS) is 7.25. The van der Waals surface area contributed by atoms with Crippen LogP contribution in [0.15, 0.2) is 0 Å². The van der Waals surface area contributed by atoms with Crippen molar-refractivity contribution in [2.45, 2.75) is 0 Å². The van der Waals surface area contributed by atoms with Gasteiger partial charge in [-0.3, -0.25) is 8.42 Å². The van der Waals surface area contributed by atoms with E-state index in [4.69, 9.17) is 17.5 Å². The zero-order valence-electron chi connectivity index (χ0n) is 3.75. The van der Waals surface area contributed by atoms with Gasteiger partial charge in [0.05, 0.1) is 0 Å². The first-order chi connectivity index (χ1) is 2.00. The van der Waals surface area contributed by atoms with Gasteiger partial charge >= 0.3 is 68.2 Å². The fourth-order valence-electron chi connectivity index (χ4n) is 0. The van der Waals surface area contributed by atoms with Crippen LogP contribution in [0.1, 0.15) is 0 Å². The molecule has 0 unspecified atom stereocenters. The Hall–Kier alpha value is 2.74. The Balaban J connectivity index is -0.0000000267. The second kappa shape index (κ2) is 9.74. The monoisotopic (exact) mass is 321 g/mol. The molecule has 4 nitrogen and oxygen atoms in total. The van der Waals surface area contributed by atoms with E-state index in [1.54, 1.807) is 0 Å². The van der Waals surface area contributed by atoms with Crippen LogP contribution in [0.5, 0.6) is 0 Å². The molecule has 0 amide bonds. The van der Waals surface area contributed by atoms with Crippen molar-refractivity contribution >= 4 is 10.4 Å². The maximum atomic E-state index is 8.52. The summed E-state index contributed by atoms with van der Waals surface area (Å²) in [4.78, 5) is 0.